The van der Waals surface area contributed by atoms with Crippen molar-refractivity contribution in [2.75, 3.05) is 13.1 Å². The summed E-state index contributed by atoms with van der Waals surface area (Å²) >= 11 is 0. The van der Waals surface area contributed by atoms with E-state index in [1.54, 1.807) is 24.3 Å². The molecule has 2 aliphatic heterocycles. The van der Waals surface area contributed by atoms with Gasteiger partial charge in [-0.1, -0.05) is 42.5 Å². The van der Waals surface area contributed by atoms with Gasteiger partial charge in [0.15, 0.2) is 0 Å². The second kappa shape index (κ2) is 9.46. The molecule has 4 rings (SSSR count). The normalized spacial score (nSPS) is 20.8. The molecule has 1 fully saturated rings. The van der Waals surface area contributed by atoms with Crippen molar-refractivity contribution < 1.29 is 19.1 Å². The highest BCUT2D eigenvalue weighted by atomic mass is 16.6. The van der Waals surface area contributed by atoms with Gasteiger partial charge < -0.3 is 10.1 Å². The van der Waals surface area contributed by atoms with Gasteiger partial charge in [-0.15, -0.1) is 0 Å². The summed E-state index contributed by atoms with van der Waals surface area (Å²) in [5, 5.41) is 3.05. The van der Waals surface area contributed by atoms with Crippen molar-refractivity contribution in [2.24, 2.45) is 5.92 Å². The molecule has 1 unspecified atom stereocenters. The van der Waals surface area contributed by atoms with Gasteiger partial charge in [0, 0.05) is 31.2 Å². The Morgan fingerprint density at radius 3 is 2.09 bits per heavy atom. The third-order valence-corrected chi connectivity index (χ3v) is 6.87. The second-order valence-electron chi connectivity index (χ2n) is 11.1. The predicted octanol–water partition coefficient (Wildman–Crippen LogP) is 4.48. The topological polar surface area (TPSA) is 79.0 Å². The van der Waals surface area contributed by atoms with E-state index >= 15 is 0 Å². The number of nitrogens with zero attached hydrogens (tertiary/aromatic N) is 2. The molecule has 0 saturated carbocycles. The van der Waals surface area contributed by atoms with Crippen molar-refractivity contribution in [3.8, 4) is 0 Å². The summed E-state index contributed by atoms with van der Waals surface area (Å²) in [6, 6.07) is 17.1. The Labute approximate surface area is 207 Å². The van der Waals surface area contributed by atoms with E-state index in [1.807, 2.05) is 52.8 Å². The Balaban J connectivity index is 1.53. The molecule has 7 heteroatoms. The van der Waals surface area contributed by atoms with Crippen LogP contribution in [0.4, 0.5) is 4.79 Å². The number of fused-ring (bicyclic) bond motifs is 1. The van der Waals surface area contributed by atoms with Crippen LogP contribution < -0.4 is 5.32 Å². The molecule has 2 aromatic rings. The first-order chi connectivity index (χ1) is 16.4. The van der Waals surface area contributed by atoms with Gasteiger partial charge in [-0.3, -0.25) is 19.4 Å². The number of imide groups is 1. The highest BCUT2D eigenvalue weighted by Gasteiger charge is 2.45. The quantitative estimate of drug-likeness (QED) is 0.621. The first-order valence-electron chi connectivity index (χ1n) is 12.2. The van der Waals surface area contributed by atoms with Crippen molar-refractivity contribution in [3.63, 3.8) is 0 Å². The molecule has 3 amide bonds. The Morgan fingerprint density at radius 1 is 0.943 bits per heavy atom. The number of nitrogens with one attached hydrogen (secondary N) is 1. The van der Waals surface area contributed by atoms with E-state index in [9.17, 15) is 14.4 Å². The maximum absolute atomic E-state index is 13.0. The largest absolute Gasteiger partial charge is 0.444 e. The number of ether oxygens (including phenoxy) is 1. The van der Waals surface area contributed by atoms with Gasteiger partial charge in [0.25, 0.3) is 11.8 Å². The zero-order valence-electron chi connectivity index (χ0n) is 21.2. The molecule has 0 spiro atoms. The molecule has 1 saturated heterocycles. The molecule has 7 nitrogen and oxygen atoms in total. The summed E-state index contributed by atoms with van der Waals surface area (Å²) in [6.45, 7) is 11.3. The third-order valence-electron chi connectivity index (χ3n) is 6.87. The van der Waals surface area contributed by atoms with Crippen LogP contribution in [0.15, 0.2) is 54.6 Å². The summed E-state index contributed by atoms with van der Waals surface area (Å²) in [7, 11) is 0. The predicted molar refractivity (Wildman–Crippen MR) is 134 cm³/mol. The fourth-order valence-electron chi connectivity index (χ4n) is 4.99. The minimum Gasteiger partial charge on any atom is -0.444 e. The number of amides is 3. The smallest absolute Gasteiger partial charge is 0.408 e. The number of benzene rings is 2. The van der Waals surface area contributed by atoms with Gasteiger partial charge in [0.1, 0.15) is 5.60 Å². The highest BCUT2D eigenvalue weighted by molar-refractivity contribution is 6.21. The van der Waals surface area contributed by atoms with Crippen molar-refractivity contribution >= 4 is 17.9 Å². The molecule has 1 N–H and O–H groups in total. The molecule has 0 aliphatic carbocycles. The van der Waals surface area contributed by atoms with E-state index in [0.717, 1.165) is 13.0 Å². The van der Waals surface area contributed by atoms with Crippen molar-refractivity contribution in [2.45, 2.75) is 64.8 Å². The van der Waals surface area contributed by atoms with Crippen LogP contribution in [0.25, 0.3) is 0 Å². The van der Waals surface area contributed by atoms with Crippen molar-refractivity contribution in [3.05, 3.63) is 71.3 Å². The number of likely N-dealkylation sites (tertiary alicyclic amines) is 1. The van der Waals surface area contributed by atoms with Crippen LogP contribution >= 0.6 is 0 Å². The first kappa shape index (κ1) is 24.9. The monoisotopic (exact) mass is 477 g/mol. The molecule has 2 heterocycles. The van der Waals surface area contributed by atoms with Crippen LogP contribution in [0.3, 0.4) is 0 Å². The summed E-state index contributed by atoms with van der Waals surface area (Å²) in [6.07, 6.45) is 0.296. The van der Waals surface area contributed by atoms with Gasteiger partial charge in [-0.05, 0) is 64.7 Å². The van der Waals surface area contributed by atoms with E-state index < -0.39 is 17.2 Å². The van der Waals surface area contributed by atoms with E-state index in [0.29, 0.717) is 24.2 Å². The Kier molecular flexibility index (Phi) is 6.73. The average molecular weight is 478 g/mol. The summed E-state index contributed by atoms with van der Waals surface area (Å²) in [4.78, 5) is 42.3. The molecule has 0 aromatic heterocycles. The molecule has 35 heavy (non-hydrogen) atoms. The van der Waals surface area contributed by atoms with Gasteiger partial charge in [0.05, 0.1) is 11.1 Å². The molecular weight excluding hydrogens is 442 g/mol. The Hall–Kier alpha value is -3.19. The Morgan fingerprint density at radius 2 is 1.51 bits per heavy atom. The molecule has 2 atom stereocenters. The fraction of sp³-hybridized carbons (Fsp3) is 0.464. The highest BCUT2D eigenvalue weighted by Crippen LogP contribution is 2.35. The van der Waals surface area contributed by atoms with Crippen molar-refractivity contribution in [1.82, 2.24) is 15.1 Å². The number of carbonyl (C=O) groups is 3. The molecule has 0 bridgehead atoms. The van der Waals surface area contributed by atoms with E-state index in [-0.39, 0.29) is 23.8 Å². The van der Waals surface area contributed by atoms with Crippen LogP contribution in [0.5, 0.6) is 0 Å². The SMILES string of the molecule is CC(C)(C)OC(=O)NC(C)(C)C1C[C@@H](CN2C(=O)c3ccccc3C2=O)N(Cc2ccccc2)C1. The molecule has 0 radical (unpaired) electrons. The number of carbonyl (C=O) groups excluding carboxylic acids is 3. The Bertz CT molecular complexity index is 1070. The number of hydrogen-bond donors (Lipinski definition) is 1. The minimum absolute atomic E-state index is 0.0258. The molecule has 2 aliphatic rings. The lowest BCUT2D eigenvalue weighted by Crippen LogP contribution is -2.51. The average Bonchev–Trinajstić information content (AvgIpc) is 3.28. The fourth-order valence-corrected chi connectivity index (χ4v) is 4.99. The first-order valence-corrected chi connectivity index (χ1v) is 12.2. The number of rotatable bonds is 6. The van der Waals surface area contributed by atoms with Gasteiger partial charge in [0.2, 0.25) is 0 Å². The lowest BCUT2D eigenvalue weighted by molar-refractivity contribution is 0.0436. The van der Waals surface area contributed by atoms with Crippen LogP contribution in [-0.4, -0.2) is 58.0 Å². The summed E-state index contributed by atoms with van der Waals surface area (Å²) in [5.74, 6) is -0.362. The molecule has 2 aromatic carbocycles. The molecular formula is C28H35N3O4. The van der Waals surface area contributed by atoms with E-state index in [1.165, 1.54) is 10.5 Å². The standard InChI is InChI=1S/C28H35N3O4/c1-27(2,3)35-26(34)29-28(4,5)20-15-21(30(17-20)16-19-11-7-6-8-12-19)18-31-24(32)22-13-9-10-14-23(22)25(31)33/h6-14,20-21H,15-18H2,1-5H3,(H,29,34)/t20?,21-/m0/s1. The van der Waals surface area contributed by atoms with Gasteiger partial charge in [-0.25, -0.2) is 4.79 Å². The lowest BCUT2D eigenvalue weighted by atomic mass is 9.85. The van der Waals surface area contributed by atoms with Crippen LogP contribution in [-0.2, 0) is 11.3 Å². The maximum Gasteiger partial charge on any atom is 0.408 e. The molecule has 186 valence electrons. The van der Waals surface area contributed by atoms with E-state index in [4.69, 9.17) is 4.74 Å². The summed E-state index contributed by atoms with van der Waals surface area (Å²) < 4.78 is 5.49. The van der Waals surface area contributed by atoms with Crippen LogP contribution in [0.2, 0.25) is 0 Å². The minimum atomic E-state index is -0.580. The van der Waals surface area contributed by atoms with Crippen molar-refractivity contribution in [1.29, 1.82) is 0 Å². The van der Waals surface area contributed by atoms with Crippen LogP contribution in [0.1, 0.15) is 67.3 Å². The zero-order valence-corrected chi connectivity index (χ0v) is 21.2. The lowest BCUT2D eigenvalue weighted by Gasteiger charge is -2.33. The maximum atomic E-state index is 13.0. The van der Waals surface area contributed by atoms with Crippen LogP contribution in [0, 0.1) is 5.92 Å². The number of hydrogen-bond acceptors (Lipinski definition) is 5. The van der Waals surface area contributed by atoms with Gasteiger partial charge in [-0.2, -0.15) is 0 Å². The zero-order chi connectivity index (χ0) is 25.4. The second-order valence-corrected chi connectivity index (χ2v) is 11.1. The van der Waals surface area contributed by atoms with E-state index in [2.05, 4.69) is 22.3 Å². The summed E-state index contributed by atoms with van der Waals surface area (Å²) in [5.41, 5.74) is 0.984. The number of alkyl carbamates (subject to hydrolysis) is 1. The third kappa shape index (κ3) is 5.56. The van der Waals surface area contributed by atoms with Gasteiger partial charge >= 0.3 is 6.09 Å².